The van der Waals surface area contributed by atoms with Crippen LogP contribution in [0.3, 0.4) is 0 Å². The molecular formula is C12H21F2NO3. The molecule has 6 heteroatoms. The van der Waals surface area contributed by atoms with Crippen molar-refractivity contribution in [2.24, 2.45) is 5.41 Å². The van der Waals surface area contributed by atoms with Crippen LogP contribution in [0.25, 0.3) is 0 Å². The van der Waals surface area contributed by atoms with E-state index in [1.54, 1.807) is 20.8 Å². The zero-order valence-electron chi connectivity index (χ0n) is 11.3. The Bertz CT molecular complexity index is 328. The van der Waals surface area contributed by atoms with Crippen molar-refractivity contribution in [3.63, 3.8) is 0 Å². The molecule has 1 aliphatic rings. The molecule has 1 atom stereocenters. The summed E-state index contributed by atoms with van der Waals surface area (Å²) in [4.78, 5) is 12.7. The van der Waals surface area contributed by atoms with Crippen molar-refractivity contribution in [2.75, 3.05) is 19.7 Å². The third kappa shape index (κ3) is 3.10. The average Bonchev–Trinajstić information content (AvgIpc) is 2.19. The van der Waals surface area contributed by atoms with E-state index in [1.165, 1.54) is 6.92 Å². The Hall–Kier alpha value is -0.910. The van der Waals surface area contributed by atoms with E-state index in [-0.39, 0.29) is 13.0 Å². The molecule has 4 nitrogen and oxygen atoms in total. The fourth-order valence-electron chi connectivity index (χ4n) is 1.75. The van der Waals surface area contributed by atoms with Gasteiger partial charge in [-0.15, -0.1) is 0 Å². The molecule has 18 heavy (non-hydrogen) atoms. The summed E-state index contributed by atoms with van der Waals surface area (Å²) in [6.07, 6.45) is -0.683. The molecule has 0 unspecified atom stereocenters. The van der Waals surface area contributed by atoms with E-state index >= 15 is 0 Å². The summed E-state index contributed by atoms with van der Waals surface area (Å²) in [6.45, 7) is 5.25. The Morgan fingerprint density at radius 2 is 2.00 bits per heavy atom. The molecule has 0 spiro atoms. The number of alkyl halides is 2. The number of amides is 1. The minimum absolute atomic E-state index is 0.0513. The highest BCUT2D eigenvalue weighted by Crippen LogP contribution is 2.43. The van der Waals surface area contributed by atoms with Gasteiger partial charge >= 0.3 is 6.09 Å². The molecule has 1 N–H and O–H groups in total. The minimum atomic E-state index is -3.11. The predicted octanol–water partition coefficient (Wildman–Crippen LogP) is 2.26. The van der Waals surface area contributed by atoms with Crippen LogP contribution >= 0.6 is 0 Å². The van der Waals surface area contributed by atoms with Crippen molar-refractivity contribution in [3.05, 3.63) is 0 Å². The monoisotopic (exact) mass is 265 g/mol. The maximum absolute atomic E-state index is 13.9. The van der Waals surface area contributed by atoms with E-state index in [0.717, 1.165) is 4.90 Å². The van der Waals surface area contributed by atoms with Crippen LogP contribution in [0.15, 0.2) is 0 Å². The molecule has 0 aromatic heterocycles. The van der Waals surface area contributed by atoms with Crippen LogP contribution in [0, 0.1) is 5.41 Å². The van der Waals surface area contributed by atoms with Crippen molar-refractivity contribution < 1.29 is 23.4 Å². The molecular weight excluding hydrogens is 244 g/mol. The van der Waals surface area contributed by atoms with Gasteiger partial charge < -0.3 is 14.7 Å². The Morgan fingerprint density at radius 1 is 1.44 bits per heavy atom. The van der Waals surface area contributed by atoms with Crippen LogP contribution in [0.1, 0.15) is 34.1 Å². The summed E-state index contributed by atoms with van der Waals surface area (Å²) in [7, 11) is 0. The number of aliphatic hydroxyl groups excluding tert-OH is 1. The second kappa shape index (κ2) is 4.64. The maximum Gasteiger partial charge on any atom is 0.410 e. The predicted molar refractivity (Wildman–Crippen MR) is 62.6 cm³/mol. The largest absolute Gasteiger partial charge is 0.444 e. The number of carbonyl (C=O) groups excluding carboxylic acids is 1. The second-order valence-electron chi connectivity index (χ2n) is 6.08. The van der Waals surface area contributed by atoms with E-state index in [9.17, 15) is 13.6 Å². The Labute approximate surface area is 106 Å². The van der Waals surface area contributed by atoms with Crippen LogP contribution in [0.4, 0.5) is 13.6 Å². The van der Waals surface area contributed by atoms with Crippen molar-refractivity contribution in [1.82, 2.24) is 4.90 Å². The lowest BCUT2D eigenvalue weighted by Crippen LogP contribution is -2.57. The summed E-state index contributed by atoms with van der Waals surface area (Å²) in [5.41, 5.74) is -2.17. The van der Waals surface area contributed by atoms with Crippen LogP contribution < -0.4 is 0 Å². The first kappa shape index (κ1) is 15.1. The maximum atomic E-state index is 13.9. The van der Waals surface area contributed by atoms with Gasteiger partial charge in [-0.3, -0.25) is 0 Å². The van der Waals surface area contributed by atoms with E-state index in [4.69, 9.17) is 9.84 Å². The van der Waals surface area contributed by atoms with Crippen molar-refractivity contribution in [2.45, 2.75) is 45.6 Å². The lowest BCUT2D eigenvalue weighted by molar-refractivity contribution is -0.173. The summed E-state index contributed by atoms with van der Waals surface area (Å²) < 4.78 is 32.8. The van der Waals surface area contributed by atoms with E-state index in [1.807, 2.05) is 0 Å². The van der Waals surface area contributed by atoms with Crippen molar-refractivity contribution in [1.29, 1.82) is 0 Å². The van der Waals surface area contributed by atoms with Crippen LogP contribution in [0.2, 0.25) is 0 Å². The van der Waals surface area contributed by atoms with Crippen molar-refractivity contribution >= 4 is 6.09 Å². The number of halogens is 2. The van der Waals surface area contributed by atoms with Gasteiger partial charge in [-0.25, -0.2) is 13.6 Å². The average molecular weight is 265 g/mol. The topological polar surface area (TPSA) is 49.8 Å². The lowest BCUT2D eigenvalue weighted by Gasteiger charge is -2.44. The van der Waals surface area contributed by atoms with Crippen LogP contribution in [0.5, 0.6) is 0 Å². The molecule has 0 radical (unpaired) electrons. The minimum Gasteiger partial charge on any atom is -0.444 e. The number of hydrogen-bond acceptors (Lipinski definition) is 3. The van der Waals surface area contributed by atoms with E-state index in [2.05, 4.69) is 0 Å². The number of hydrogen-bond donors (Lipinski definition) is 1. The van der Waals surface area contributed by atoms with Crippen LogP contribution in [-0.4, -0.2) is 47.3 Å². The van der Waals surface area contributed by atoms with Crippen molar-refractivity contribution in [3.8, 4) is 0 Å². The molecule has 0 saturated carbocycles. The Kier molecular flexibility index (Phi) is 3.91. The van der Waals surface area contributed by atoms with Gasteiger partial charge in [0.2, 0.25) is 0 Å². The molecule has 1 heterocycles. The SMILES string of the molecule is CC(C)(C)OC(=O)N1CC[C@](C)(CO)C(F)(F)C1. The lowest BCUT2D eigenvalue weighted by atomic mass is 9.78. The van der Waals surface area contributed by atoms with Gasteiger partial charge in [-0.2, -0.15) is 0 Å². The van der Waals surface area contributed by atoms with Gasteiger partial charge in [0.15, 0.2) is 0 Å². The van der Waals surface area contributed by atoms with Gasteiger partial charge in [0, 0.05) is 6.54 Å². The molecule has 0 aliphatic carbocycles. The van der Waals surface area contributed by atoms with Gasteiger partial charge in [-0.05, 0) is 27.2 Å². The number of rotatable bonds is 1. The molecule has 1 saturated heterocycles. The normalized spacial score (nSPS) is 28.1. The van der Waals surface area contributed by atoms with E-state index < -0.39 is 36.2 Å². The number of aliphatic hydroxyl groups is 1. The molecule has 0 aromatic carbocycles. The number of likely N-dealkylation sites (tertiary alicyclic amines) is 1. The van der Waals surface area contributed by atoms with Gasteiger partial charge in [0.05, 0.1) is 18.6 Å². The zero-order chi connectivity index (χ0) is 14.2. The van der Waals surface area contributed by atoms with Crippen LogP contribution in [-0.2, 0) is 4.74 Å². The molecule has 1 rings (SSSR count). The number of piperidine rings is 1. The van der Waals surface area contributed by atoms with E-state index in [0.29, 0.717) is 0 Å². The summed E-state index contributed by atoms with van der Waals surface area (Å²) in [5.74, 6) is -3.11. The highest BCUT2D eigenvalue weighted by Gasteiger charge is 2.54. The number of carbonyl (C=O) groups is 1. The molecule has 0 aromatic rings. The standard InChI is InChI=1S/C12H21F2NO3/c1-10(2,3)18-9(17)15-6-5-11(4,8-16)12(13,14)7-15/h16H,5-8H2,1-4H3/t11-/m1/s1. The molecule has 1 fully saturated rings. The first-order chi connectivity index (χ1) is 8.01. The van der Waals surface area contributed by atoms with Gasteiger partial charge in [0.1, 0.15) is 5.60 Å². The van der Waals surface area contributed by atoms with Gasteiger partial charge in [0.25, 0.3) is 5.92 Å². The molecule has 1 aliphatic heterocycles. The summed E-state index contributed by atoms with van der Waals surface area (Å²) >= 11 is 0. The Balaban J connectivity index is 2.73. The molecule has 0 bridgehead atoms. The third-order valence-electron chi connectivity index (χ3n) is 3.21. The Morgan fingerprint density at radius 3 is 2.39 bits per heavy atom. The summed E-state index contributed by atoms with van der Waals surface area (Å²) in [6, 6.07) is 0. The quantitative estimate of drug-likeness (QED) is 0.791. The molecule has 106 valence electrons. The highest BCUT2D eigenvalue weighted by molar-refractivity contribution is 5.68. The smallest absolute Gasteiger partial charge is 0.410 e. The fraction of sp³-hybridized carbons (Fsp3) is 0.917. The first-order valence-electron chi connectivity index (χ1n) is 5.97. The molecule has 1 amide bonds. The van der Waals surface area contributed by atoms with Gasteiger partial charge in [-0.1, -0.05) is 6.92 Å². The fourth-order valence-corrected chi connectivity index (χ4v) is 1.75. The number of nitrogens with zero attached hydrogens (tertiary/aromatic N) is 1. The zero-order valence-corrected chi connectivity index (χ0v) is 11.3. The number of ether oxygens (including phenoxy) is 1. The second-order valence-corrected chi connectivity index (χ2v) is 6.08. The highest BCUT2D eigenvalue weighted by atomic mass is 19.3. The first-order valence-corrected chi connectivity index (χ1v) is 5.97. The third-order valence-corrected chi connectivity index (χ3v) is 3.21. The summed E-state index contributed by atoms with van der Waals surface area (Å²) in [5, 5.41) is 9.08.